The third-order valence-electron chi connectivity index (χ3n) is 2.81. The number of nitrogens with one attached hydrogen (secondary N) is 1. The number of hydrogen-bond acceptors (Lipinski definition) is 3. The number of anilines is 1. The summed E-state index contributed by atoms with van der Waals surface area (Å²) in [6, 6.07) is 5.82. The lowest BCUT2D eigenvalue weighted by Gasteiger charge is -2.30. The lowest BCUT2D eigenvalue weighted by molar-refractivity contribution is 0.101. The molecule has 0 bridgehead atoms. The van der Waals surface area contributed by atoms with E-state index in [-0.39, 0.29) is 5.78 Å². The molecule has 1 aliphatic heterocycles. The number of benzene rings is 1. The molecule has 1 heterocycles. The van der Waals surface area contributed by atoms with E-state index in [0.29, 0.717) is 0 Å². The van der Waals surface area contributed by atoms with Gasteiger partial charge < -0.3 is 10.2 Å². The molecule has 86 valence electrons. The minimum atomic E-state index is 0.104. The van der Waals surface area contributed by atoms with Crippen molar-refractivity contribution < 1.29 is 4.79 Å². The number of carbonyl (C=O) groups is 1. The number of carbonyl (C=O) groups excluding carboxylic acids is 1. The number of ketones is 1. The van der Waals surface area contributed by atoms with Gasteiger partial charge in [0.05, 0.1) is 5.69 Å². The molecule has 0 aliphatic carbocycles. The summed E-state index contributed by atoms with van der Waals surface area (Å²) in [5, 5.41) is 3.32. The summed E-state index contributed by atoms with van der Waals surface area (Å²) in [6.07, 6.45) is 0. The lowest BCUT2D eigenvalue weighted by Crippen LogP contribution is -2.43. The zero-order valence-corrected chi connectivity index (χ0v) is 10.9. The molecule has 1 aromatic rings. The molecule has 4 heteroatoms. The van der Waals surface area contributed by atoms with Crippen molar-refractivity contribution in [3.8, 4) is 0 Å². The largest absolute Gasteiger partial charge is 0.368 e. The van der Waals surface area contributed by atoms with Gasteiger partial charge in [-0.05, 0) is 41.1 Å². The Morgan fingerprint density at radius 2 is 2.06 bits per heavy atom. The molecule has 2 rings (SSSR count). The number of piperazine rings is 1. The van der Waals surface area contributed by atoms with E-state index in [9.17, 15) is 4.79 Å². The Kier molecular flexibility index (Phi) is 3.61. The van der Waals surface area contributed by atoms with Crippen molar-refractivity contribution in [3.63, 3.8) is 0 Å². The minimum absolute atomic E-state index is 0.104. The SMILES string of the molecule is CC(=O)c1ccc(N2CCNCC2)c(Br)c1. The van der Waals surface area contributed by atoms with E-state index in [1.165, 1.54) is 5.69 Å². The maximum Gasteiger partial charge on any atom is 0.159 e. The van der Waals surface area contributed by atoms with Crippen LogP contribution < -0.4 is 10.2 Å². The second-order valence-corrected chi connectivity index (χ2v) is 4.81. The van der Waals surface area contributed by atoms with Crippen LogP contribution in [0.2, 0.25) is 0 Å². The number of hydrogen-bond donors (Lipinski definition) is 1. The fraction of sp³-hybridized carbons (Fsp3) is 0.417. The molecular weight excluding hydrogens is 268 g/mol. The van der Waals surface area contributed by atoms with Crippen molar-refractivity contribution in [2.75, 3.05) is 31.1 Å². The number of rotatable bonds is 2. The lowest BCUT2D eigenvalue weighted by atomic mass is 10.1. The van der Waals surface area contributed by atoms with E-state index in [0.717, 1.165) is 36.2 Å². The van der Waals surface area contributed by atoms with Gasteiger partial charge in [-0.2, -0.15) is 0 Å². The van der Waals surface area contributed by atoms with Crippen LogP contribution in [0.4, 0.5) is 5.69 Å². The van der Waals surface area contributed by atoms with Crippen LogP contribution in [0.25, 0.3) is 0 Å². The predicted octanol–water partition coefficient (Wildman–Crippen LogP) is 2.06. The average Bonchev–Trinajstić information content (AvgIpc) is 2.30. The maximum atomic E-state index is 11.2. The summed E-state index contributed by atoms with van der Waals surface area (Å²) in [4.78, 5) is 13.6. The molecule has 1 saturated heterocycles. The number of Topliss-reactive ketones (excluding diaryl/α,β-unsaturated/α-hetero) is 1. The van der Waals surface area contributed by atoms with Crippen LogP contribution in [0.5, 0.6) is 0 Å². The highest BCUT2D eigenvalue weighted by atomic mass is 79.9. The Hall–Kier alpha value is -0.870. The highest BCUT2D eigenvalue weighted by Gasteiger charge is 2.13. The van der Waals surface area contributed by atoms with E-state index in [2.05, 4.69) is 26.1 Å². The van der Waals surface area contributed by atoms with Gasteiger partial charge in [-0.15, -0.1) is 0 Å². The van der Waals surface area contributed by atoms with Crippen LogP contribution in [0.3, 0.4) is 0 Å². The molecule has 0 saturated carbocycles. The van der Waals surface area contributed by atoms with Gasteiger partial charge >= 0.3 is 0 Å². The van der Waals surface area contributed by atoms with Crippen molar-refractivity contribution in [3.05, 3.63) is 28.2 Å². The van der Waals surface area contributed by atoms with Gasteiger partial charge in [-0.3, -0.25) is 4.79 Å². The summed E-state index contributed by atoms with van der Waals surface area (Å²) >= 11 is 3.54. The van der Waals surface area contributed by atoms with Crippen LogP contribution in [0.15, 0.2) is 22.7 Å². The van der Waals surface area contributed by atoms with Crippen LogP contribution in [-0.4, -0.2) is 32.0 Å². The van der Waals surface area contributed by atoms with Crippen molar-refractivity contribution in [2.24, 2.45) is 0 Å². The van der Waals surface area contributed by atoms with Crippen molar-refractivity contribution in [1.82, 2.24) is 5.32 Å². The molecule has 1 fully saturated rings. The molecule has 0 spiro atoms. The smallest absolute Gasteiger partial charge is 0.159 e. The van der Waals surface area contributed by atoms with Gasteiger partial charge in [-0.25, -0.2) is 0 Å². The van der Waals surface area contributed by atoms with Crippen molar-refractivity contribution in [2.45, 2.75) is 6.92 Å². The topological polar surface area (TPSA) is 32.3 Å². The fourth-order valence-corrected chi connectivity index (χ4v) is 2.52. The summed E-state index contributed by atoms with van der Waals surface area (Å²) in [7, 11) is 0. The fourth-order valence-electron chi connectivity index (χ4n) is 1.89. The van der Waals surface area contributed by atoms with Gasteiger partial charge in [0.15, 0.2) is 5.78 Å². The van der Waals surface area contributed by atoms with Crippen LogP contribution in [0.1, 0.15) is 17.3 Å². The quantitative estimate of drug-likeness (QED) is 0.843. The highest BCUT2D eigenvalue weighted by Crippen LogP contribution is 2.27. The number of nitrogens with zero attached hydrogens (tertiary/aromatic N) is 1. The Bertz CT molecular complexity index is 400. The monoisotopic (exact) mass is 282 g/mol. The first-order chi connectivity index (χ1) is 7.68. The normalized spacial score (nSPS) is 16.2. The summed E-state index contributed by atoms with van der Waals surface area (Å²) in [5.41, 5.74) is 1.93. The molecule has 0 amide bonds. The first-order valence-electron chi connectivity index (χ1n) is 5.44. The molecule has 0 radical (unpaired) electrons. The molecular formula is C12H15BrN2O. The molecule has 1 aromatic carbocycles. The summed E-state index contributed by atoms with van der Waals surface area (Å²) in [5.74, 6) is 0.104. The summed E-state index contributed by atoms with van der Waals surface area (Å²) in [6.45, 7) is 5.64. The maximum absolute atomic E-state index is 11.2. The molecule has 16 heavy (non-hydrogen) atoms. The van der Waals surface area contributed by atoms with E-state index >= 15 is 0 Å². The molecule has 0 unspecified atom stereocenters. The second-order valence-electron chi connectivity index (χ2n) is 3.96. The van der Waals surface area contributed by atoms with E-state index < -0.39 is 0 Å². The highest BCUT2D eigenvalue weighted by molar-refractivity contribution is 9.10. The van der Waals surface area contributed by atoms with Gasteiger partial charge in [-0.1, -0.05) is 0 Å². The average molecular weight is 283 g/mol. The molecule has 0 atom stereocenters. The Morgan fingerprint density at radius 3 is 2.62 bits per heavy atom. The molecule has 0 aromatic heterocycles. The molecule has 3 nitrogen and oxygen atoms in total. The van der Waals surface area contributed by atoms with Gasteiger partial charge in [0.25, 0.3) is 0 Å². The van der Waals surface area contributed by atoms with Crippen molar-refractivity contribution in [1.29, 1.82) is 0 Å². The Labute approximate surface area is 104 Å². The van der Waals surface area contributed by atoms with Gasteiger partial charge in [0.1, 0.15) is 0 Å². The zero-order valence-electron chi connectivity index (χ0n) is 9.29. The van der Waals surface area contributed by atoms with Crippen LogP contribution >= 0.6 is 15.9 Å². The predicted molar refractivity (Wildman–Crippen MR) is 69.2 cm³/mol. The first kappa shape index (κ1) is 11.6. The Balaban J connectivity index is 2.24. The zero-order chi connectivity index (χ0) is 11.5. The van der Waals surface area contributed by atoms with Gasteiger partial charge in [0.2, 0.25) is 0 Å². The third kappa shape index (κ3) is 2.44. The van der Waals surface area contributed by atoms with E-state index in [4.69, 9.17) is 0 Å². The third-order valence-corrected chi connectivity index (χ3v) is 3.45. The number of halogens is 1. The first-order valence-corrected chi connectivity index (χ1v) is 6.24. The van der Waals surface area contributed by atoms with Crippen LogP contribution in [-0.2, 0) is 0 Å². The summed E-state index contributed by atoms with van der Waals surface area (Å²) < 4.78 is 1.00. The molecule has 1 N–H and O–H groups in total. The van der Waals surface area contributed by atoms with Crippen LogP contribution in [0, 0.1) is 0 Å². The van der Waals surface area contributed by atoms with Gasteiger partial charge in [0, 0.05) is 36.2 Å². The molecule has 1 aliphatic rings. The van der Waals surface area contributed by atoms with E-state index in [1.807, 2.05) is 18.2 Å². The van der Waals surface area contributed by atoms with Crippen molar-refractivity contribution >= 4 is 27.4 Å². The Morgan fingerprint density at radius 1 is 1.38 bits per heavy atom. The van der Waals surface area contributed by atoms with E-state index in [1.54, 1.807) is 6.92 Å². The minimum Gasteiger partial charge on any atom is -0.368 e. The standard InChI is InChI=1S/C12H15BrN2O/c1-9(16)10-2-3-12(11(13)8-10)15-6-4-14-5-7-15/h2-3,8,14H,4-7H2,1H3. The second kappa shape index (κ2) is 4.97.